The normalized spacial score (nSPS) is 15.1. The van der Waals surface area contributed by atoms with E-state index in [-0.39, 0.29) is 0 Å². The summed E-state index contributed by atoms with van der Waals surface area (Å²) in [7, 11) is 1.62. The van der Waals surface area contributed by atoms with Gasteiger partial charge in [-0.05, 0) is 24.6 Å². The second kappa shape index (κ2) is 8.98. The Balaban J connectivity index is 1.62. The van der Waals surface area contributed by atoms with Crippen LogP contribution >= 0.6 is 0 Å². The van der Waals surface area contributed by atoms with E-state index in [0.29, 0.717) is 12.4 Å². The van der Waals surface area contributed by atoms with Crippen molar-refractivity contribution in [1.82, 2.24) is 25.2 Å². The summed E-state index contributed by atoms with van der Waals surface area (Å²) in [5, 5.41) is 3.39. The minimum Gasteiger partial charge on any atom is -0.481 e. The van der Waals surface area contributed by atoms with Gasteiger partial charge in [-0.1, -0.05) is 0 Å². The first kappa shape index (κ1) is 17.9. The molecule has 8 heteroatoms. The summed E-state index contributed by atoms with van der Waals surface area (Å²) in [4.78, 5) is 22.1. The first-order valence-electron chi connectivity index (χ1n) is 8.84. The van der Waals surface area contributed by atoms with E-state index in [1.807, 2.05) is 18.2 Å². The Labute approximate surface area is 154 Å². The first-order chi connectivity index (χ1) is 12.8. The van der Waals surface area contributed by atoms with Crippen LogP contribution in [-0.4, -0.2) is 65.6 Å². The zero-order chi connectivity index (χ0) is 18.2. The molecule has 0 atom stereocenters. The Morgan fingerprint density at radius 3 is 2.62 bits per heavy atom. The molecule has 26 heavy (non-hydrogen) atoms. The average molecular weight is 355 g/mol. The molecule has 0 saturated carbocycles. The number of nitrogens with zero attached hydrogens (tertiary/aromatic N) is 6. The standard InChI is InChI=1S/C18H25N7O/c1-3-19-17(23-14-15-5-8-20-16(13-15)26-2)24-9-11-25(12-10-24)18-21-6-4-7-22-18/h4-8,13H,3,9-12,14H2,1-2H3,(H,19,23). The number of methoxy groups -OCH3 is 1. The van der Waals surface area contributed by atoms with Gasteiger partial charge in [0.25, 0.3) is 0 Å². The SMILES string of the molecule is CCNC(=NCc1ccnc(OC)c1)N1CCN(c2ncccn2)CC1. The van der Waals surface area contributed by atoms with Gasteiger partial charge in [-0.25, -0.2) is 19.9 Å². The maximum atomic E-state index is 5.18. The maximum absolute atomic E-state index is 5.18. The molecule has 0 aliphatic carbocycles. The highest BCUT2D eigenvalue weighted by atomic mass is 16.5. The third-order valence-electron chi connectivity index (χ3n) is 4.17. The molecule has 1 aliphatic heterocycles. The van der Waals surface area contributed by atoms with Crippen LogP contribution in [0.1, 0.15) is 12.5 Å². The molecule has 3 rings (SSSR count). The highest BCUT2D eigenvalue weighted by Crippen LogP contribution is 2.12. The fourth-order valence-corrected chi connectivity index (χ4v) is 2.83. The molecule has 2 aromatic heterocycles. The van der Waals surface area contributed by atoms with E-state index in [2.05, 4.69) is 37.0 Å². The van der Waals surface area contributed by atoms with Gasteiger partial charge in [-0.15, -0.1) is 0 Å². The number of rotatable bonds is 5. The average Bonchev–Trinajstić information content (AvgIpc) is 2.72. The highest BCUT2D eigenvalue weighted by molar-refractivity contribution is 5.80. The molecule has 0 aromatic carbocycles. The van der Waals surface area contributed by atoms with Gasteiger partial charge in [0, 0.05) is 57.4 Å². The summed E-state index contributed by atoms with van der Waals surface area (Å²) in [6, 6.07) is 5.71. The van der Waals surface area contributed by atoms with Gasteiger partial charge in [0.15, 0.2) is 5.96 Å². The number of pyridine rings is 1. The maximum Gasteiger partial charge on any atom is 0.225 e. The van der Waals surface area contributed by atoms with E-state index in [0.717, 1.165) is 50.2 Å². The summed E-state index contributed by atoms with van der Waals surface area (Å²) < 4.78 is 5.18. The van der Waals surface area contributed by atoms with Gasteiger partial charge in [0.05, 0.1) is 13.7 Å². The molecule has 138 valence electrons. The van der Waals surface area contributed by atoms with Gasteiger partial charge in [0.1, 0.15) is 0 Å². The Hall–Kier alpha value is -2.90. The monoisotopic (exact) mass is 355 g/mol. The number of nitrogens with one attached hydrogen (secondary N) is 1. The molecule has 0 spiro atoms. The van der Waals surface area contributed by atoms with Gasteiger partial charge in [-0.2, -0.15) is 0 Å². The van der Waals surface area contributed by atoms with Crippen molar-refractivity contribution in [2.45, 2.75) is 13.5 Å². The largest absolute Gasteiger partial charge is 0.481 e. The van der Waals surface area contributed by atoms with Gasteiger partial charge in [0.2, 0.25) is 11.8 Å². The number of piperazine rings is 1. The van der Waals surface area contributed by atoms with Crippen molar-refractivity contribution in [1.29, 1.82) is 0 Å². The van der Waals surface area contributed by atoms with Crippen LogP contribution < -0.4 is 15.0 Å². The smallest absolute Gasteiger partial charge is 0.225 e. The fraction of sp³-hybridized carbons (Fsp3) is 0.444. The second-order valence-corrected chi connectivity index (χ2v) is 5.90. The Morgan fingerprint density at radius 2 is 1.92 bits per heavy atom. The van der Waals surface area contributed by atoms with Crippen LogP contribution in [0.2, 0.25) is 0 Å². The summed E-state index contributed by atoms with van der Waals surface area (Å²) in [6.07, 6.45) is 5.31. The van der Waals surface area contributed by atoms with Crippen LogP contribution in [-0.2, 0) is 6.54 Å². The Bertz CT molecular complexity index is 714. The van der Waals surface area contributed by atoms with Crippen molar-refractivity contribution >= 4 is 11.9 Å². The number of aliphatic imine (C=N–C) groups is 1. The third-order valence-corrected chi connectivity index (χ3v) is 4.17. The molecule has 1 aliphatic rings. The van der Waals surface area contributed by atoms with Gasteiger partial charge >= 0.3 is 0 Å². The topological polar surface area (TPSA) is 78.8 Å². The predicted molar refractivity (Wildman–Crippen MR) is 101 cm³/mol. The molecular formula is C18H25N7O. The molecule has 1 fully saturated rings. The van der Waals surface area contributed by atoms with Crippen molar-refractivity contribution in [3.8, 4) is 5.88 Å². The van der Waals surface area contributed by atoms with Crippen molar-refractivity contribution in [3.05, 3.63) is 42.4 Å². The van der Waals surface area contributed by atoms with E-state index in [9.17, 15) is 0 Å². The lowest BCUT2D eigenvalue weighted by Gasteiger charge is -2.36. The lowest BCUT2D eigenvalue weighted by atomic mass is 10.2. The summed E-state index contributed by atoms with van der Waals surface area (Å²) in [5.74, 6) is 2.33. The lowest BCUT2D eigenvalue weighted by molar-refractivity contribution is 0.370. The second-order valence-electron chi connectivity index (χ2n) is 5.90. The van der Waals surface area contributed by atoms with Gasteiger partial charge in [-0.3, -0.25) is 0 Å². The Kier molecular flexibility index (Phi) is 6.19. The number of hydrogen-bond acceptors (Lipinski definition) is 6. The Morgan fingerprint density at radius 1 is 1.15 bits per heavy atom. The van der Waals surface area contributed by atoms with Crippen LogP contribution in [0.4, 0.5) is 5.95 Å². The number of guanidine groups is 1. The van der Waals surface area contributed by atoms with E-state index < -0.39 is 0 Å². The minimum atomic E-state index is 0.587. The molecule has 0 radical (unpaired) electrons. The first-order valence-corrected chi connectivity index (χ1v) is 8.84. The number of aromatic nitrogens is 3. The van der Waals surface area contributed by atoms with Crippen LogP contribution in [0.25, 0.3) is 0 Å². The molecule has 3 heterocycles. The summed E-state index contributed by atoms with van der Waals surface area (Å²) >= 11 is 0. The molecule has 2 aromatic rings. The molecule has 1 saturated heterocycles. The molecular weight excluding hydrogens is 330 g/mol. The van der Waals surface area contributed by atoms with E-state index >= 15 is 0 Å². The quantitative estimate of drug-likeness (QED) is 0.637. The highest BCUT2D eigenvalue weighted by Gasteiger charge is 2.21. The third kappa shape index (κ3) is 4.59. The van der Waals surface area contributed by atoms with E-state index in [4.69, 9.17) is 9.73 Å². The number of anilines is 1. The minimum absolute atomic E-state index is 0.587. The predicted octanol–water partition coefficient (Wildman–Crippen LogP) is 1.17. The van der Waals surface area contributed by atoms with Crippen LogP contribution in [0, 0.1) is 0 Å². The van der Waals surface area contributed by atoms with Crippen molar-refractivity contribution in [2.24, 2.45) is 4.99 Å². The van der Waals surface area contributed by atoms with Crippen LogP contribution in [0.3, 0.4) is 0 Å². The number of hydrogen-bond donors (Lipinski definition) is 1. The lowest BCUT2D eigenvalue weighted by Crippen LogP contribution is -2.52. The van der Waals surface area contributed by atoms with Crippen LogP contribution in [0.15, 0.2) is 41.8 Å². The van der Waals surface area contributed by atoms with Crippen LogP contribution in [0.5, 0.6) is 5.88 Å². The van der Waals surface area contributed by atoms with Crippen molar-refractivity contribution in [2.75, 3.05) is 44.7 Å². The summed E-state index contributed by atoms with van der Waals surface area (Å²) in [5.41, 5.74) is 1.07. The zero-order valence-electron chi connectivity index (χ0n) is 15.3. The molecule has 8 nitrogen and oxygen atoms in total. The van der Waals surface area contributed by atoms with E-state index in [1.165, 1.54) is 0 Å². The van der Waals surface area contributed by atoms with Crippen molar-refractivity contribution < 1.29 is 4.74 Å². The fourth-order valence-electron chi connectivity index (χ4n) is 2.83. The molecule has 0 amide bonds. The van der Waals surface area contributed by atoms with E-state index in [1.54, 1.807) is 25.7 Å². The summed E-state index contributed by atoms with van der Waals surface area (Å²) in [6.45, 7) is 7.01. The number of ether oxygens (including phenoxy) is 1. The van der Waals surface area contributed by atoms with Crippen molar-refractivity contribution in [3.63, 3.8) is 0 Å². The zero-order valence-corrected chi connectivity index (χ0v) is 15.3. The van der Waals surface area contributed by atoms with Gasteiger partial charge < -0.3 is 19.9 Å². The molecule has 0 bridgehead atoms. The molecule has 0 unspecified atom stereocenters. The molecule has 1 N–H and O–H groups in total.